The molecular formula is C25H36N2O4. The lowest BCUT2D eigenvalue weighted by Crippen LogP contribution is -2.24. The van der Waals surface area contributed by atoms with Crippen LogP contribution in [0.2, 0.25) is 0 Å². The third-order valence-corrected chi connectivity index (χ3v) is 5.31. The van der Waals surface area contributed by atoms with E-state index >= 15 is 0 Å². The van der Waals surface area contributed by atoms with Crippen molar-refractivity contribution >= 4 is 0 Å². The van der Waals surface area contributed by atoms with E-state index in [1.54, 1.807) is 0 Å². The summed E-state index contributed by atoms with van der Waals surface area (Å²) < 4.78 is 22.3. The zero-order chi connectivity index (χ0) is 21.6. The van der Waals surface area contributed by atoms with Crippen molar-refractivity contribution in [1.29, 1.82) is 0 Å². The maximum absolute atomic E-state index is 5.90. The Morgan fingerprint density at radius 2 is 1.65 bits per heavy atom. The van der Waals surface area contributed by atoms with Crippen molar-refractivity contribution in [1.82, 2.24) is 9.97 Å². The molecule has 2 heterocycles. The Labute approximate surface area is 186 Å². The molecule has 1 aromatic carbocycles. The molecule has 1 unspecified atom stereocenters. The van der Waals surface area contributed by atoms with E-state index in [2.05, 4.69) is 9.97 Å². The van der Waals surface area contributed by atoms with Gasteiger partial charge < -0.3 is 18.9 Å². The first-order valence-corrected chi connectivity index (χ1v) is 11.7. The minimum atomic E-state index is -0.116. The van der Waals surface area contributed by atoms with Crippen molar-refractivity contribution in [3.63, 3.8) is 0 Å². The Morgan fingerprint density at radius 3 is 2.39 bits per heavy atom. The summed E-state index contributed by atoms with van der Waals surface area (Å²) in [5, 5.41) is 0. The van der Waals surface area contributed by atoms with Crippen LogP contribution in [0.1, 0.15) is 57.7 Å². The largest absolute Gasteiger partial charge is 0.465 e. The molecule has 0 bridgehead atoms. The SMILES string of the molecule is CCOCCOCCCCCCc1ncc(-c2ccc(OC3CCCCO3)cc2)cn1. The van der Waals surface area contributed by atoms with Crippen LogP contribution in [0.15, 0.2) is 36.7 Å². The first kappa shape index (κ1) is 23.6. The van der Waals surface area contributed by atoms with Gasteiger partial charge in [0.2, 0.25) is 0 Å². The van der Waals surface area contributed by atoms with Gasteiger partial charge in [0.25, 0.3) is 0 Å². The second-order valence-electron chi connectivity index (χ2n) is 7.80. The molecule has 2 aromatic rings. The molecule has 1 aliphatic heterocycles. The molecule has 170 valence electrons. The molecule has 1 atom stereocenters. The number of hydrogen-bond acceptors (Lipinski definition) is 6. The Balaban J connectivity index is 1.32. The highest BCUT2D eigenvalue weighted by Gasteiger charge is 2.15. The molecule has 0 aliphatic carbocycles. The average molecular weight is 429 g/mol. The van der Waals surface area contributed by atoms with Crippen LogP contribution < -0.4 is 4.74 Å². The lowest BCUT2D eigenvalue weighted by atomic mass is 10.1. The van der Waals surface area contributed by atoms with Gasteiger partial charge in [0, 0.05) is 44.0 Å². The molecule has 1 fully saturated rings. The van der Waals surface area contributed by atoms with E-state index in [0.29, 0.717) is 13.2 Å². The number of ether oxygens (including phenoxy) is 4. The molecule has 6 heteroatoms. The molecule has 0 saturated carbocycles. The quantitative estimate of drug-likeness (QED) is 0.385. The van der Waals surface area contributed by atoms with E-state index < -0.39 is 0 Å². The summed E-state index contributed by atoms with van der Waals surface area (Å²) in [4.78, 5) is 9.09. The van der Waals surface area contributed by atoms with Crippen LogP contribution in [0.25, 0.3) is 11.1 Å². The van der Waals surface area contributed by atoms with E-state index in [4.69, 9.17) is 18.9 Å². The molecule has 6 nitrogen and oxygen atoms in total. The van der Waals surface area contributed by atoms with Crippen LogP contribution in [0.3, 0.4) is 0 Å². The zero-order valence-corrected chi connectivity index (χ0v) is 18.8. The van der Waals surface area contributed by atoms with Gasteiger partial charge in [-0.2, -0.15) is 0 Å². The third-order valence-electron chi connectivity index (χ3n) is 5.31. The molecule has 1 saturated heterocycles. The van der Waals surface area contributed by atoms with E-state index in [-0.39, 0.29) is 6.29 Å². The molecule has 31 heavy (non-hydrogen) atoms. The molecule has 0 amide bonds. The lowest BCUT2D eigenvalue weighted by Gasteiger charge is -2.23. The minimum absolute atomic E-state index is 0.116. The summed E-state index contributed by atoms with van der Waals surface area (Å²) >= 11 is 0. The molecule has 3 rings (SSSR count). The van der Waals surface area contributed by atoms with Gasteiger partial charge in [-0.3, -0.25) is 0 Å². The Morgan fingerprint density at radius 1 is 0.871 bits per heavy atom. The standard InChI is InChI=1S/C25H36N2O4/c1-2-28-17-18-29-15-7-4-3-5-9-24-26-19-22(20-27-24)21-11-13-23(14-12-21)31-25-10-6-8-16-30-25/h11-14,19-20,25H,2-10,15-18H2,1H3. The van der Waals surface area contributed by atoms with Crippen LogP contribution in [0.4, 0.5) is 0 Å². The smallest absolute Gasteiger partial charge is 0.199 e. The fourth-order valence-electron chi connectivity index (χ4n) is 3.52. The van der Waals surface area contributed by atoms with Gasteiger partial charge >= 0.3 is 0 Å². The number of aromatic nitrogens is 2. The second kappa shape index (κ2) is 14.1. The number of nitrogens with zero attached hydrogens (tertiary/aromatic N) is 2. The Bertz CT molecular complexity index is 715. The van der Waals surface area contributed by atoms with Crippen LogP contribution in [-0.4, -0.2) is 49.3 Å². The molecule has 0 spiro atoms. The predicted molar refractivity (Wildman–Crippen MR) is 121 cm³/mol. The summed E-state index contributed by atoms with van der Waals surface area (Å²) in [7, 11) is 0. The topological polar surface area (TPSA) is 62.7 Å². The Kier molecular flexibility index (Phi) is 10.8. The number of unbranched alkanes of at least 4 members (excludes halogenated alkanes) is 3. The highest BCUT2D eigenvalue weighted by molar-refractivity contribution is 5.62. The van der Waals surface area contributed by atoms with Gasteiger partial charge in [0.1, 0.15) is 11.6 Å². The zero-order valence-electron chi connectivity index (χ0n) is 18.8. The number of aryl methyl sites for hydroxylation is 1. The van der Waals surface area contributed by atoms with Crippen molar-refractivity contribution in [2.75, 3.05) is 33.0 Å². The van der Waals surface area contributed by atoms with Gasteiger partial charge in [0.05, 0.1) is 19.8 Å². The molecular weight excluding hydrogens is 392 g/mol. The highest BCUT2D eigenvalue weighted by atomic mass is 16.7. The maximum Gasteiger partial charge on any atom is 0.199 e. The molecule has 1 aromatic heterocycles. The third kappa shape index (κ3) is 8.93. The summed E-state index contributed by atoms with van der Waals surface area (Å²) in [6.07, 6.45) is 12.4. The van der Waals surface area contributed by atoms with Crippen LogP contribution >= 0.6 is 0 Å². The summed E-state index contributed by atoms with van der Waals surface area (Å²) in [6, 6.07) is 8.07. The van der Waals surface area contributed by atoms with Crippen molar-refractivity contribution in [3.05, 3.63) is 42.5 Å². The first-order valence-electron chi connectivity index (χ1n) is 11.7. The minimum Gasteiger partial charge on any atom is -0.465 e. The van der Waals surface area contributed by atoms with E-state index in [9.17, 15) is 0 Å². The van der Waals surface area contributed by atoms with Crippen molar-refractivity contribution in [3.8, 4) is 16.9 Å². The first-order chi connectivity index (χ1) is 15.3. The summed E-state index contributed by atoms with van der Waals surface area (Å²) in [6.45, 7) is 5.74. The van der Waals surface area contributed by atoms with E-state index in [0.717, 1.165) is 81.0 Å². The van der Waals surface area contributed by atoms with Crippen molar-refractivity contribution in [2.45, 2.75) is 64.6 Å². The normalized spacial score (nSPS) is 16.4. The van der Waals surface area contributed by atoms with Crippen LogP contribution in [-0.2, 0) is 20.6 Å². The fourth-order valence-corrected chi connectivity index (χ4v) is 3.52. The van der Waals surface area contributed by atoms with Gasteiger partial charge in [-0.15, -0.1) is 0 Å². The van der Waals surface area contributed by atoms with Gasteiger partial charge in [-0.25, -0.2) is 9.97 Å². The predicted octanol–water partition coefficient (Wildman–Crippen LogP) is 5.21. The monoisotopic (exact) mass is 428 g/mol. The van der Waals surface area contributed by atoms with Crippen LogP contribution in [0.5, 0.6) is 5.75 Å². The van der Waals surface area contributed by atoms with Crippen molar-refractivity contribution < 1.29 is 18.9 Å². The lowest BCUT2D eigenvalue weighted by molar-refractivity contribution is -0.105. The average Bonchev–Trinajstić information content (AvgIpc) is 2.82. The fraction of sp³-hybridized carbons (Fsp3) is 0.600. The maximum atomic E-state index is 5.90. The second-order valence-corrected chi connectivity index (χ2v) is 7.80. The molecule has 0 N–H and O–H groups in total. The summed E-state index contributed by atoms with van der Waals surface area (Å²) in [5.41, 5.74) is 2.11. The molecule has 1 aliphatic rings. The summed E-state index contributed by atoms with van der Waals surface area (Å²) in [5.74, 6) is 1.75. The van der Waals surface area contributed by atoms with Gasteiger partial charge in [-0.05, 0) is 50.3 Å². The van der Waals surface area contributed by atoms with Crippen LogP contribution in [0, 0.1) is 0 Å². The van der Waals surface area contributed by atoms with Gasteiger partial charge in [0.15, 0.2) is 6.29 Å². The van der Waals surface area contributed by atoms with Crippen molar-refractivity contribution in [2.24, 2.45) is 0 Å². The Hall–Kier alpha value is -2.02. The number of hydrogen-bond donors (Lipinski definition) is 0. The van der Waals surface area contributed by atoms with E-state index in [1.165, 1.54) is 12.8 Å². The number of rotatable bonds is 14. The highest BCUT2D eigenvalue weighted by Crippen LogP contribution is 2.24. The van der Waals surface area contributed by atoms with E-state index in [1.807, 2.05) is 43.6 Å². The number of benzene rings is 1. The molecule has 0 radical (unpaired) electrons. The van der Waals surface area contributed by atoms with Gasteiger partial charge in [-0.1, -0.05) is 25.0 Å².